The lowest BCUT2D eigenvalue weighted by atomic mass is 9.98. The molecular formula is C19H30N4O6. The number of carbonyl (C=O) groups is 3. The number of hydrogen-bond acceptors (Lipinski definition) is 7. The summed E-state index contributed by atoms with van der Waals surface area (Å²) in [4.78, 5) is 36.4. The molecule has 0 aromatic rings. The van der Waals surface area contributed by atoms with Crippen LogP contribution in [0.1, 0.15) is 32.1 Å². The number of nitriles is 1. The number of rotatable bonds is 13. The van der Waals surface area contributed by atoms with E-state index in [0.29, 0.717) is 38.5 Å². The minimum absolute atomic E-state index is 0.0604. The van der Waals surface area contributed by atoms with Gasteiger partial charge in [-0.15, -0.1) is 0 Å². The molecule has 2 rings (SSSR count). The summed E-state index contributed by atoms with van der Waals surface area (Å²) in [7, 11) is 1.57. The summed E-state index contributed by atoms with van der Waals surface area (Å²) in [6, 6.07) is 0.467. The second-order valence-corrected chi connectivity index (χ2v) is 7.32. The van der Waals surface area contributed by atoms with Crippen LogP contribution in [0.15, 0.2) is 0 Å². The van der Waals surface area contributed by atoms with Gasteiger partial charge in [0.15, 0.2) is 0 Å². The molecule has 2 fully saturated rings. The molecular weight excluding hydrogens is 380 g/mol. The van der Waals surface area contributed by atoms with Crippen LogP contribution in [0, 0.1) is 23.2 Å². The molecule has 1 saturated heterocycles. The quantitative estimate of drug-likeness (QED) is 0.365. The van der Waals surface area contributed by atoms with Crippen LogP contribution in [-0.4, -0.2) is 70.1 Å². The van der Waals surface area contributed by atoms with Gasteiger partial charge in [0.05, 0.1) is 25.9 Å². The maximum Gasteiger partial charge on any atom is 0.407 e. The van der Waals surface area contributed by atoms with E-state index in [-0.39, 0.29) is 31.5 Å². The van der Waals surface area contributed by atoms with Crippen molar-refractivity contribution in [2.24, 2.45) is 11.8 Å². The lowest BCUT2D eigenvalue weighted by Gasteiger charge is -2.21. The van der Waals surface area contributed by atoms with E-state index in [1.54, 1.807) is 7.11 Å². The van der Waals surface area contributed by atoms with Crippen LogP contribution in [0.2, 0.25) is 0 Å². The molecule has 2 aliphatic rings. The Balaban J connectivity index is 1.77. The molecule has 3 N–H and O–H groups in total. The third-order valence-electron chi connectivity index (χ3n) is 4.92. The largest absolute Gasteiger partial charge is 0.447 e. The average Bonchev–Trinajstić information content (AvgIpc) is 3.43. The zero-order valence-electron chi connectivity index (χ0n) is 16.8. The number of hydrogen-bond donors (Lipinski definition) is 3. The molecule has 1 aliphatic heterocycles. The van der Waals surface area contributed by atoms with Crippen LogP contribution >= 0.6 is 0 Å². The van der Waals surface area contributed by atoms with E-state index in [4.69, 9.17) is 14.2 Å². The molecule has 1 aliphatic carbocycles. The van der Waals surface area contributed by atoms with Crippen molar-refractivity contribution >= 4 is 17.9 Å². The lowest BCUT2D eigenvalue weighted by molar-refractivity contribution is -0.125. The molecule has 3 amide bonds. The third kappa shape index (κ3) is 8.66. The second kappa shape index (κ2) is 12.2. The smallest absolute Gasteiger partial charge is 0.407 e. The summed E-state index contributed by atoms with van der Waals surface area (Å²) in [5, 5.41) is 17.3. The van der Waals surface area contributed by atoms with Gasteiger partial charge in [0.25, 0.3) is 0 Å². The van der Waals surface area contributed by atoms with Crippen molar-refractivity contribution in [3.8, 4) is 6.07 Å². The Kier molecular flexibility index (Phi) is 9.67. The van der Waals surface area contributed by atoms with Gasteiger partial charge in [-0.3, -0.25) is 9.59 Å². The molecule has 1 saturated carbocycles. The van der Waals surface area contributed by atoms with Crippen LogP contribution < -0.4 is 16.0 Å². The third-order valence-corrected chi connectivity index (χ3v) is 4.92. The van der Waals surface area contributed by atoms with Gasteiger partial charge < -0.3 is 30.2 Å². The minimum Gasteiger partial charge on any atom is -0.447 e. The summed E-state index contributed by atoms with van der Waals surface area (Å²) < 4.78 is 15.1. The number of alkyl carbamates (subject to hydrolysis) is 1. The first-order valence-corrected chi connectivity index (χ1v) is 10.0. The van der Waals surface area contributed by atoms with Crippen molar-refractivity contribution in [3.05, 3.63) is 0 Å². The van der Waals surface area contributed by atoms with E-state index in [9.17, 15) is 19.6 Å². The zero-order valence-corrected chi connectivity index (χ0v) is 16.8. The Morgan fingerprint density at radius 2 is 1.93 bits per heavy atom. The summed E-state index contributed by atoms with van der Waals surface area (Å²) in [5.74, 6) is -0.430. The predicted octanol–water partition coefficient (Wildman–Crippen LogP) is 0.0789. The lowest BCUT2D eigenvalue weighted by Crippen LogP contribution is -2.50. The molecule has 10 nitrogen and oxygen atoms in total. The summed E-state index contributed by atoms with van der Waals surface area (Å²) in [5.41, 5.74) is 0. The molecule has 0 aromatic heterocycles. The first kappa shape index (κ1) is 22.9. The van der Waals surface area contributed by atoms with Crippen LogP contribution in [-0.2, 0) is 23.8 Å². The number of ether oxygens (including phenoxy) is 3. The van der Waals surface area contributed by atoms with Crippen LogP contribution in [0.5, 0.6) is 0 Å². The average molecular weight is 410 g/mol. The van der Waals surface area contributed by atoms with Crippen molar-refractivity contribution in [3.63, 3.8) is 0 Å². The molecule has 0 radical (unpaired) electrons. The Morgan fingerprint density at radius 3 is 2.55 bits per heavy atom. The van der Waals surface area contributed by atoms with Crippen LogP contribution in [0.25, 0.3) is 0 Å². The minimum atomic E-state index is -0.787. The first-order valence-electron chi connectivity index (χ1n) is 10.0. The highest BCUT2D eigenvalue weighted by molar-refractivity contribution is 5.86. The van der Waals surface area contributed by atoms with Crippen LogP contribution in [0.4, 0.5) is 4.79 Å². The number of nitrogens with zero attached hydrogens (tertiary/aromatic N) is 1. The van der Waals surface area contributed by atoms with Crippen molar-refractivity contribution in [2.75, 3.05) is 40.1 Å². The highest BCUT2D eigenvalue weighted by Crippen LogP contribution is 2.33. The van der Waals surface area contributed by atoms with E-state index in [0.717, 1.165) is 12.8 Å². The van der Waals surface area contributed by atoms with Gasteiger partial charge in [-0.25, -0.2) is 4.79 Å². The highest BCUT2D eigenvalue weighted by atomic mass is 16.6. The summed E-state index contributed by atoms with van der Waals surface area (Å²) >= 11 is 0. The van der Waals surface area contributed by atoms with Crippen LogP contribution in [0.3, 0.4) is 0 Å². The van der Waals surface area contributed by atoms with Gasteiger partial charge >= 0.3 is 6.09 Å². The topological polar surface area (TPSA) is 139 Å². The van der Waals surface area contributed by atoms with Crippen molar-refractivity contribution in [1.82, 2.24) is 16.0 Å². The monoisotopic (exact) mass is 410 g/mol. The SMILES string of the molecule is COCCOCCOC(=O)NC(CC1CC1)C(=O)NC(C#N)CC1CCNC1=O. The summed E-state index contributed by atoms with van der Waals surface area (Å²) in [6.45, 7) is 1.74. The van der Waals surface area contributed by atoms with Gasteiger partial charge in [0.1, 0.15) is 18.7 Å². The fourth-order valence-electron chi connectivity index (χ4n) is 3.11. The molecule has 0 aromatic carbocycles. The first-order chi connectivity index (χ1) is 14.0. The maximum absolute atomic E-state index is 12.6. The van der Waals surface area contributed by atoms with E-state index < -0.39 is 24.1 Å². The Hall–Kier alpha value is -2.38. The number of nitrogens with one attached hydrogen (secondary N) is 3. The number of amides is 3. The second-order valence-electron chi connectivity index (χ2n) is 7.32. The highest BCUT2D eigenvalue weighted by Gasteiger charge is 2.33. The maximum atomic E-state index is 12.6. The van der Waals surface area contributed by atoms with E-state index in [1.165, 1.54) is 0 Å². The predicted molar refractivity (Wildman–Crippen MR) is 102 cm³/mol. The summed E-state index contributed by atoms with van der Waals surface area (Å²) in [6.07, 6.45) is 2.72. The normalized spacial score (nSPS) is 20.3. The van der Waals surface area contributed by atoms with Crippen molar-refractivity contribution in [2.45, 2.75) is 44.2 Å². The van der Waals surface area contributed by atoms with E-state index >= 15 is 0 Å². The van der Waals surface area contributed by atoms with Gasteiger partial charge in [-0.1, -0.05) is 12.8 Å². The standard InChI is InChI=1S/C19H30N4O6/c1-27-6-7-28-8-9-29-19(26)23-16(10-13-2-3-13)18(25)22-15(12-20)11-14-4-5-21-17(14)24/h13-16H,2-11H2,1H3,(H,21,24)(H,22,25)(H,23,26). The molecule has 29 heavy (non-hydrogen) atoms. The molecule has 0 spiro atoms. The van der Waals surface area contributed by atoms with Crippen molar-refractivity contribution < 1.29 is 28.6 Å². The fourth-order valence-corrected chi connectivity index (χ4v) is 3.11. The Bertz CT molecular complexity index is 604. The molecule has 0 bridgehead atoms. The van der Waals surface area contributed by atoms with Crippen molar-refractivity contribution in [1.29, 1.82) is 5.26 Å². The molecule has 1 heterocycles. The van der Waals surface area contributed by atoms with Gasteiger partial charge in [-0.2, -0.15) is 5.26 Å². The number of methoxy groups -OCH3 is 1. The van der Waals surface area contributed by atoms with E-state index in [2.05, 4.69) is 16.0 Å². The molecule has 3 unspecified atom stereocenters. The van der Waals surface area contributed by atoms with Gasteiger partial charge in [0, 0.05) is 19.6 Å². The van der Waals surface area contributed by atoms with Gasteiger partial charge in [-0.05, 0) is 25.2 Å². The zero-order chi connectivity index (χ0) is 21.1. The molecule has 10 heteroatoms. The molecule has 162 valence electrons. The molecule has 3 atom stereocenters. The Labute approximate surface area is 170 Å². The number of carbonyl (C=O) groups excluding carboxylic acids is 3. The van der Waals surface area contributed by atoms with Gasteiger partial charge in [0.2, 0.25) is 11.8 Å². The van der Waals surface area contributed by atoms with E-state index in [1.807, 2.05) is 6.07 Å². The Morgan fingerprint density at radius 1 is 1.17 bits per heavy atom. The fraction of sp³-hybridized carbons (Fsp3) is 0.789.